The Morgan fingerprint density at radius 3 is 0.784 bits per heavy atom. The molecule has 0 atom stereocenters. The van der Waals surface area contributed by atoms with Crippen molar-refractivity contribution in [3.8, 4) is 33.4 Å². The molecule has 0 saturated heterocycles. The van der Waals surface area contributed by atoms with E-state index in [-0.39, 0.29) is 0 Å². The molecule has 134 heavy (non-hydrogen) atoms. The van der Waals surface area contributed by atoms with Crippen molar-refractivity contribution in [3.63, 3.8) is 0 Å². The van der Waals surface area contributed by atoms with E-state index >= 15 is 0 Å². The van der Waals surface area contributed by atoms with Crippen LogP contribution in [-0.2, 0) is 0 Å². The molecule has 24 aromatic rings. The summed E-state index contributed by atoms with van der Waals surface area (Å²) in [6.45, 7) is 2.12. The lowest BCUT2D eigenvalue weighted by Crippen LogP contribution is -2.10. The van der Waals surface area contributed by atoms with Gasteiger partial charge < -0.3 is 29.4 Å². The first kappa shape index (κ1) is 82.4. The van der Waals surface area contributed by atoms with Crippen molar-refractivity contribution in [2.45, 2.75) is 6.92 Å². The number of rotatable bonds is 18. The monoisotopic (exact) mass is 1720 g/mol. The topological polar surface area (TPSA) is 19.4 Å². The van der Waals surface area contributed by atoms with Gasteiger partial charge in [-0.05, 0) is 262 Å². The highest BCUT2D eigenvalue weighted by Gasteiger charge is 2.23. The van der Waals surface area contributed by atoms with Crippen molar-refractivity contribution in [1.29, 1.82) is 0 Å². The Balaban J connectivity index is 0.000000118. The summed E-state index contributed by atoms with van der Waals surface area (Å²) in [7, 11) is 6.45. The molecule has 24 rings (SSSR count). The molecule has 0 radical (unpaired) electrons. The standard InChI is InChI=1S/C49H34N2.C43H32N2.C36H30N2/c1-50(46-32-31-44-42-19-8-14-36-13-7-18-41(48(36)42)43-20-10-21-45(46)49(43)44)37-27-23-33(24-28-37)34-25-29-39(30-26-34)51(38-15-3-2-4-16-38)47-22-9-12-35-11-5-6-17-40(35)47;1-44(43-30-34-13-6-7-17-38(34)40-19-9-10-20-41(40)43)35-26-22-31(23-27-35)32-24-28-37(29-25-32)45(36-15-3-2-4-16-36)42-21-11-14-33-12-5-8-18-39(33)42;1-27-15-21-31(22-16-27)37(2)32-23-17-28(18-24-32)29-19-25-34(26-20-29)38(33-11-4-3-5-12-33)36-14-8-10-30-9-6-7-13-35(30)36/h2-32H,1H3;2-30H,1H3;3-26H,1-2H3. The second-order valence-corrected chi connectivity index (χ2v) is 34.5. The van der Waals surface area contributed by atoms with E-state index in [4.69, 9.17) is 0 Å². The van der Waals surface area contributed by atoms with Gasteiger partial charge in [-0.3, -0.25) is 0 Å². The van der Waals surface area contributed by atoms with Crippen LogP contribution in [0.1, 0.15) is 5.56 Å². The van der Waals surface area contributed by atoms with Crippen LogP contribution >= 0.6 is 0 Å². The van der Waals surface area contributed by atoms with Gasteiger partial charge >= 0.3 is 0 Å². The first-order valence-electron chi connectivity index (χ1n) is 46.0. The van der Waals surface area contributed by atoms with Crippen molar-refractivity contribution < 1.29 is 0 Å². The van der Waals surface area contributed by atoms with Crippen LogP contribution in [0.15, 0.2) is 510 Å². The van der Waals surface area contributed by atoms with E-state index in [1.807, 2.05) is 0 Å². The fourth-order valence-electron chi connectivity index (χ4n) is 19.7. The van der Waals surface area contributed by atoms with E-state index in [0.717, 1.165) is 45.5 Å². The highest BCUT2D eigenvalue weighted by Crippen LogP contribution is 2.48. The van der Waals surface area contributed by atoms with Crippen molar-refractivity contribution in [2.75, 3.05) is 50.5 Å². The molecule has 0 amide bonds. The van der Waals surface area contributed by atoms with E-state index in [9.17, 15) is 0 Å². The summed E-state index contributed by atoms with van der Waals surface area (Å²) >= 11 is 0. The van der Waals surface area contributed by atoms with Gasteiger partial charge in [0.25, 0.3) is 0 Å². The zero-order valence-corrected chi connectivity index (χ0v) is 75.2. The summed E-state index contributed by atoms with van der Waals surface area (Å²) in [5.41, 5.74) is 25.8. The second-order valence-electron chi connectivity index (χ2n) is 34.5. The van der Waals surface area contributed by atoms with Crippen LogP contribution < -0.4 is 29.4 Å². The predicted octanol–water partition coefficient (Wildman–Crippen LogP) is 35.9. The third kappa shape index (κ3) is 16.0. The number of fused-ring (bicyclic) bond motifs is 8. The summed E-state index contributed by atoms with van der Waals surface area (Å²) in [6.07, 6.45) is 0. The molecule has 0 aromatic heterocycles. The Hall–Kier alpha value is -17.3. The quantitative estimate of drug-likeness (QED) is 0.0625. The maximum atomic E-state index is 2.35. The molecule has 0 bridgehead atoms. The van der Waals surface area contributed by atoms with Crippen LogP contribution in [0.25, 0.3) is 130 Å². The minimum Gasteiger partial charge on any atom is -0.345 e. The number of hydrogen-bond donors (Lipinski definition) is 0. The lowest BCUT2D eigenvalue weighted by atomic mass is 9.89. The van der Waals surface area contributed by atoms with Crippen LogP contribution in [0.2, 0.25) is 0 Å². The Morgan fingerprint density at radius 1 is 0.134 bits per heavy atom. The first-order chi connectivity index (χ1) is 66.1. The van der Waals surface area contributed by atoms with E-state index in [0.29, 0.717) is 0 Å². The van der Waals surface area contributed by atoms with Gasteiger partial charge in [-0.25, -0.2) is 0 Å². The Kier molecular flexibility index (Phi) is 22.3. The number of aryl methyl sites for hydroxylation is 1. The van der Waals surface area contributed by atoms with Gasteiger partial charge in [-0.1, -0.05) is 363 Å². The van der Waals surface area contributed by atoms with Crippen LogP contribution in [0.5, 0.6) is 0 Å². The van der Waals surface area contributed by atoms with Gasteiger partial charge in [0.1, 0.15) is 0 Å². The van der Waals surface area contributed by atoms with Gasteiger partial charge in [0.05, 0.1) is 17.1 Å². The van der Waals surface area contributed by atoms with E-state index < -0.39 is 0 Å². The van der Waals surface area contributed by atoms with Crippen LogP contribution in [0, 0.1) is 6.92 Å². The Labute approximate surface area is 782 Å². The average Bonchev–Trinajstić information content (AvgIpc) is 0.714. The number of para-hydroxylation sites is 3. The Morgan fingerprint density at radius 2 is 0.388 bits per heavy atom. The number of hydrogen-bond acceptors (Lipinski definition) is 6. The maximum absolute atomic E-state index is 2.35. The van der Waals surface area contributed by atoms with Crippen LogP contribution in [0.3, 0.4) is 0 Å². The van der Waals surface area contributed by atoms with E-state index in [2.05, 4.69) is 567 Å². The summed E-state index contributed by atoms with van der Waals surface area (Å²) in [6, 6.07) is 183. The summed E-state index contributed by atoms with van der Waals surface area (Å²) in [5.74, 6) is 0. The van der Waals surface area contributed by atoms with Crippen molar-refractivity contribution in [2.24, 2.45) is 0 Å². The zero-order chi connectivity index (χ0) is 90.0. The van der Waals surface area contributed by atoms with Gasteiger partial charge in [0.15, 0.2) is 0 Å². The van der Waals surface area contributed by atoms with Crippen molar-refractivity contribution >= 4 is 182 Å². The smallest absolute Gasteiger partial charge is 0.0540 e. The van der Waals surface area contributed by atoms with Crippen LogP contribution in [0.4, 0.5) is 85.3 Å². The summed E-state index contributed by atoms with van der Waals surface area (Å²) in [5, 5.41) is 23.0. The maximum Gasteiger partial charge on any atom is 0.0540 e. The third-order valence-corrected chi connectivity index (χ3v) is 26.6. The predicted molar refractivity (Wildman–Crippen MR) is 577 cm³/mol. The lowest BCUT2D eigenvalue weighted by Gasteiger charge is -2.27. The molecule has 0 N–H and O–H groups in total. The summed E-state index contributed by atoms with van der Waals surface area (Å²) < 4.78 is 0. The third-order valence-electron chi connectivity index (χ3n) is 26.6. The Bertz CT molecular complexity index is 8260. The fourth-order valence-corrected chi connectivity index (χ4v) is 19.7. The van der Waals surface area contributed by atoms with Crippen molar-refractivity contribution in [3.05, 3.63) is 515 Å². The molecule has 0 aliphatic heterocycles. The molecule has 0 spiro atoms. The van der Waals surface area contributed by atoms with E-state index in [1.165, 1.54) is 176 Å². The highest BCUT2D eigenvalue weighted by molar-refractivity contribution is 6.34. The molecule has 638 valence electrons. The van der Waals surface area contributed by atoms with E-state index in [1.54, 1.807) is 0 Å². The number of benzene rings is 24. The molecule has 0 aliphatic rings. The molecule has 6 heteroatoms. The number of nitrogens with zero attached hydrogens (tertiary/aromatic N) is 6. The highest BCUT2D eigenvalue weighted by atomic mass is 15.2. The minimum atomic E-state index is 1.12. The number of anilines is 15. The zero-order valence-electron chi connectivity index (χ0n) is 75.2. The normalized spacial score (nSPS) is 11.3. The summed E-state index contributed by atoms with van der Waals surface area (Å²) in [4.78, 5) is 13.9. The van der Waals surface area contributed by atoms with Gasteiger partial charge in [-0.15, -0.1) is 0 Å². The molecule has 0 unspecified atom stereocenters. The molecular weight excluding hydrogens is 1620 g/mol. The largest absolute Gasteiger partial charge is 0.345 e. The molecule has 6 nitrogen and oxygen atoms in total. The first-order valence-corrected chi connectivity index (χ1v) is 46.0. The SMILES string of the molecule is CN(c1ccc(-c2ccc(N(c3ccccc3)c3cccc4ccccc34)cc2)cc1)c1cc2ccccc2c2ccccc12.CN(c1ccc(-c2ccc(N(c3ccccc3)c3cccc4ccccc34)cc2)cc1)c1ccc2c3cccc4cccc(c5cccc1c52)c43.Cc1ccc(N(C)c2ccc(-c3ccc(N(c4ccccc4)c4cccc5ccccc45)cc3)cc2)cc1. The van der Waals surface area contributed by atoms with Crippen LogP contribution in [-0.4, -0.2) is 21.1 Å². The molecule has 0 saturated carbocycles. The molecule has 0 heterocycles. The average molecular weight is 1720 g/mol. The van der Waals surface area contributed by atoms with Crippen molar-refractivity contribution in [1.82, 2.24) is 0 Å². The van der Waals surface area contributed by atoms with Gasteiger partial charge in [0.2, 0.25) is 0 Å². The van der Waals surface area contributed by atoms with Gasteiger partial charge in [0, 0.05) is 116 Å². The second kappa shape index (κ2) is 36.3. The minimum absolute atomic E-state index is 1.12. The molecular formula is C128H96N6. The van der Waals surface area contributed by atoms with Gasteiger partial charge in [-0.2, -0.15) is 0 Å². The lowest BCUT2D eigenvalue weighted by molar-refractivity contribution is 1.20. The fraction of sp³-hybridized carbons (Fsp3) is 0.0312. The molecule has 24 aromatic carbocycles. The molecule has 0 aliphatic carbocycles. The molecule has 0 fully saturated rings.